The van der Waals surface area contributed by atoms with Gasteiger partial charge in [-0.3, -0.25) is 0 Å². The maximum atomic E-state index is 11.3. The molecular weight excluding hydrogens is 274 g/mol. The van der Waals surface area contributed by atoms with Gasteiger partial charge in [0.1, 0.15) is 0 Å². The molecule has 3 N–H and O–H groups in total. The monoisotopic (exact) mass is 291 g/mol. The van der Waals surface area contributed by atoms with Gasteiger partial charge in [-0.2, -0.15) is 0 Å². The van der Waals surface area contributed by atoms with Crippen LogP contribution in [-0.2, 0) is 4.74 Å². The number of carboxylic acids is 1. The number of hydrogen-bond donors (Lipinski definition) is 3. The van der Waals surface area contributed by atoms with Crippen molar-refractivity contribution < 1.29 is 19.7 Å². The maximum absolute atomic E-state index is 11.3. The molecule has 0 amide bonds. The number of aromatic nitrogens is 2. The normalized spacial score (nSPS) is 12.3. The average Bonchev–Trinajstić information content (AvgIpc) is 2.47. The molecule has 7 heteroatoms. The molecule has 0 saturated carbocycles. The lowest BCUT2D eigenvalue weighted by atomic mass is 10.1. The third-order valence-electron chi connectivity index (χ3n) is 3.01. The molecule has 2 rings (SSSR count). The molecule has 1 unspecified atom stereocenters. The molecule has 0 saturated heterocycles. The Morgan fingerprint density at radius 1 is 1.38 bits per heavy atom. The van der Waals surface area contributed by atoms with Crippen LogP contribution in [-0.4, -0.2) is 52.7 Å². The minimum absolute atomic E-state index is 0.130. The third-order valence-corrected chi connectivity index (χ3v) is 3.01. The van der Waals surface area contributed by atoms with Gasteiger partial charge in [0.15, 0.2) is 5.69 Å². The summed E-state index contributed by atoms with van der Waals surface area (Å²) in [6.45, 7) is 0.642. The van der Waals surface area contributed by atoms with Gasteiger partial charge in [0.25, 0.3) is 0 Å². The zero-order valence-corrected chi connectivity index (χ0v) is 11.6. The first kappa shape index (κ1) is 15.1. The SMILES string of the molecule is COCC(O)CCNc1c(C(=O)O)nnc2ccccc12. The number of aromatic carboxylic acids is 1. The fraction of sp³-hybridized carbons (Fsp3) is 0.357. The average molecular weight is 291 g/mol. The Balaban J connectivity index is 2.23. The predicted octanol–water partition coefficient (Wildman–Crippen LogP) is 1.14. The number of benzene rings is 1. The van der Waals surface area contributed by atoms with Gasteiger partial charge in [-0.1, -0.05) is 18.2 Å². The standard InChI is InChI=1S/C14H17N3O4/c1-21-8-9(18)6-7-15-12-10-4-2-3-5-11(10)16-17-13(12)14(19)20/h2-5,9,18H,6-8H2,1H3,(H,15,16)(H,19,20). The second-order valence-electron chi connectivity index (χ2n) is 4.57. The van der Waals surface area contributed by atoms with Gasteiger partial charge >= 0.3 is 5.97 Å². The first-order chi connectivity index (χ1) is 10.1. The van der Waals surface area contributed by atoms with E-state index in [1.165, 1.54) is 7.11 Å². The van der Waals surface area contributed by atoms with Crippen molar-refractivity contribution in [3.63, 3.8) is 0 Å². The second kappa shape index (κ2) is 6.96. The summed E-state index contributed by atoms with van der Waals surface area (Å²) in [6, 6.07) is 7.16. The van der Waals surface area contributed by atoms with Gasteiger partial charge in [0.05, 0.1) is 23.9 Å². The van der Waals surface area contributed by atoms with Crippen LogP contribution in [0.4, 0.5) is 5.69 Å². The number of rotatable bonds is 7. The van der Waals surface area contributed by atoms with Gasteiger partial charge in [0.2, 0.25) is 0 Å². The van der Waals surface area contributed by atoms with Gasteiger partial charge in [-0.25, -0.2) is 4.79 Å². The van der Waals surface area contributed by atoms with Crippen LogP contribution in [0.1, 0.15) is 16.9 Å². The molecule has 0 bridgehead atoms. The van der Waals surface area contributed by atoms with Gasteiger partial charge in [0, 0.05) is 19.0 Å². The highest BCUT2D eigenvalue weighted by Gasteiger charge is 2.16. The number of aliphatic hydroxyl groups is 1. The number of aliphatic hydroxyl groups excluding tert-OH is 1. The molecule has 0 radical (unpaired) electrons. The number of methoxy groups -OCH3 is 1. The number of anilines is 1. The molecule has 1 aromatic heterocycles. The first-order valence-electron chi connectivity index (χ1n) is 6.53. The molecule has 112 valence electrons. The van der Waals surface area contributed by atoms with E-state index in [0.717, 1.165) is 0 Å². The molecule has 0 fully saturated rings. The fourth-order valence-electron chi connectivity index (χ4n) is 2.02. The van der Waals surface area contributed by atoms with Crippen LogP contribution in [0.25, 0.3) is 10.9 Å². The number of carboxylic acid groups (broad SMARTS) is 1. The van der Waals surface area contributed by atoms with Gasteiger partial charge in [-0.15, -0.1) is 10.2 Å². The van der Waals surface area contributed by atoms with Crippen LogP contribution in [0.3, 0.4) is 0 Å². The molecule has 7 nitrogen and oxygen atoms in total. The number of ether oxygens (including phenoxy) is 1. The highest BCUT2D eigenvalue weighted by atomic mass is 16.5. The van der Waals surface area contributed by atoms with Crippen molar-refractivity contribution in [3.8, 4) is 0 Å². The van der Waals surface area contributed by atoms with Crippen molar-refractivity contribution in [2.24, 2.45) is 0 Å². The molecule has 1 heterocycles. The Bertz CT molecular complexity index is 633. The maximum Gasteiger partial charge on any atom is 0.358 e. The van der Waals surface area contributed by atoms with Crippen LogP contribution < -0.4 is 5.32 Å². The molecule has 0 aliphatic carbocycles. The molecule has 1 aromatic carbocycles. The largest absolute Gasteiger partial charge is 0.476 e. The number of hydrogen-bond acceptors (Lipinski definition) is 6. The molecule has 2 aromatic rings. The summed E-state index contributed by atoms with van der Waals surface area (Å²) in [7, 11) is 1.51. The van der Waals surface area contributed by atoms with E-state index in [1.807, 2.05) is 6.07 Å². The molecular formula is C14H17N3O4. The van der Waals surface area contributed by atoms with Crippen LogP contribution in [0.2, 0.25) is 0 Å². The Hall–Kier alpha value is -2.25. The second-order valence-corrected chi connectivity index (χ2v) is 4.57. The number of fused-ring (bicyclic) bond motifs is 1. The lowest BCUT2D eigenvalue weighted by molar-refractivity contribution is 0.0615. The molecule has 0 spiro atoms. The fourth-order valence-corrected chi connectivity index (χ4v) is 2.02. The number of carbonyl (C=O) groups is 1. The quantitative estimate of drug-likeness (QED) is 0.702. The van der Waals surface area contributed by atoms with Gasteiger partial charge in [-0.05, 0) is 12.5 Å². The summed E-state index contributed by atoms with van der Waals surface area (Å²) in [5, 5.41) is 30.2. The van der Waals surface area contributed by atoms with Crippen molar-refractivity contribution in [2.45, 2.75) is 12.5 Å². The highest BCUT2D eigenvalue weighted by molar-refractivity contribution is 6.02. The summed E-state index contributed by atoms with van der Waals surface area (Å²) in [5.74, 6) is -1.15. The van der Waals surface area contributed by atoms with Crippen LogP contribution in [0, 0.1) is 0 Å². The van der Waals surface area contributed by atoms with E-state index >= 15 is 0 Å². The van der Waals surface area contributed by atoms with Crippen molar-refractivity contribution in [2.75, 3.05) is 25.6 Å². The van der Waals surface area contributed by atoms with E-state index in [-0.39, 0.29) is 12.3 Å². The Kier molecular flexibility index (Phi) is 5.02. The lowest BCUT2D eigenvalue weighted by Crippen LogP contribution is -2.19. The van der Waals surface area contributed by atoms with E-state index in [9.17, 15) is 15.0 Å². The van der Waals surface area contributed by atoms with Crippen molar-refractivity contribution in [1.82, 2.24) is 10.2 Å². The smallest absolute Gasteiger partial charge is 0.358 e. The molecule has 0 aliphatic rings. The minimum atomic E-state index is -1.15. The van der Waals surface area contributed by atoms with E-state index < -0.39 is 12.1 Å². The Labute approximate surface area is 121 Å². The summed E-state index contributed by atoms with van der Waals surface area (Å²) < 4.78 is 4.84. The third kappa shape index (κ3) is 3.65. The molecule has 0 aliphatic heterocycles. The summed E-state index contributed by atoms with van der Waals surface area (Å²) in [6.07, 6.45) is -0.166. The van der Waals surface area contributed by atoms with E-state index in [1.54, 1.807) is 18.2 Å². The number of nitrogens with one attached hydrogen (secondary N) is 1. The van der Waals surface area contributed by atoms with Crippen LogP contribution in [0.5, 0.6) is 0 Å². The molecule has 1 atom stereocenters. The minimum Gasteiger partial charge on any atom is -0.476 e. The topological polar surface area (TPSA) is 105 Å². The first-order valence-corrected chi connectivity index (χ1v) is 6.53. The zero-order valence-electron chi connectivity index (χ0n) is 11.6. The molecule has 21 heavy (non-hydrogen) atoms. The van der Waals surface area contributed by atoms with Crippen molar-refractivity contribution in [1.29, 1.82) is 0 Å². The van der Waals surface area contributed by atoms with Gasteiger partial charge < -0.3 is 20.3 Å². The van der Waals surface area contributed by atoms with Crippen LogP contribution in [0.15, 0.2) is 24.3 Å². The van der Waals surface area contributed by atoms with Crippen LogP contribution >= 0.6 is 0 Å². The Morgan fingerprint density at radius 3 is 2.86 bits per heavy atom. The van der Waals surface area contributed by atoms with E-state index in [4.69, 9.17) is 4.74 Å². The number of nitrogens with zero attached hydrogens (tertiary/aromatic N) is 2. The summed E-state index contributed by atoms with van der Waals surface area (Å²) in [5.41, 5.74) is 0.898. The lowest BCUT2D eigenvalue weighted by Gasteiger charge is -2.13. The van der Waals surface area contributed by atoms with Crippen molar-refractivity contribution >= 4 is 22.6 Å². The Morgan fingerprint density at radius 2 is 2.14 bits per heavy atom. The predicted molar refractivity (Wildman–Crippen MR) is 77.5 cm³/mol. The zero-order chi connectivity index (χ0) is 15.2. The highest BCUT2D eigenvalue weighted by Crippen LogP contribution is 2.24. The van der Waals surface area contributed by atoms with E-state index in [2.05, 4.69) is 15.5 Å². The summed E-state index contributed by atoms with van der Waals surface area (Å²) in [4.78, 5) is 11.3. The van der Waals surface area contributed by atoms with E-state index in [0.29, 0.717) is 29.6 Å². The summed E-state index contributed by atoms with van der Waals surface area (Å²) >= 11 is 0. The van der Waals surface area contributed by atoms with Crippen molar-refractivity contribution in [3.05, 3.63) is 30.0 Å².